The summed E-state index contributed by atoms with van der Waals surface area (Å²) in [6.07, 6.45) is 3.41. The molecule has 6 nitrogen and oxygen atoms in total. The van der Waals surface area contributed by atoms with Crippen LogP contribution in [-0.4, -0.2) is 40.8 Å². The number of carbonyl (C=O) groups excluding carboxylic acids is 2. The van der Waals surface area contributed by atoms with E-state index in [9.17, 15) is 9.59 Å². The van der Waals surface area contributed by atoms with Crippen LogP contribution in [0.3, 0.4) is 0 Å². The molecule has 8 heteroatoms. The first-order valence-corrected chi connectivity index (χ1v) is 11.7. The fourth-order valence-electron chi connectivity index (χ4n) is 3.10. The van der Waals surface area contributed by atoms with Crippen LogP contribution in [-0.2, 0) is 9.59 Å². The van der Waals surface area contributed by atoms with E-state index in [0.29, 0.717) is 33.9 Å². The zero-order chi connectivity index (χ0) is 24.0. The SMILES string of the molecule is C=CCN1C(=O)/C(=C\c2ccc(OCC(=O)Nc3ccc(C)c(C)c3)c(OCC)c2)SC1=S. The van der Waals surface area contributed by atoms with E-state index in [1.54, 1.807) is 30.4 Å². The van der Waals surface area contributed by atoms with Gasteiger partial charge in [-0.2, -0.15) is 0 Å². The van der Waals surface area contributed by atoms with Crippen LogP contribution in [0.2, 0.25) is 0 Å². The molecule has 0 bridgehead atoms. The normalized spacial score (nSPS) is 14.5. The molecule has 2 aromatic rings. The van der Waals surface area contributed by atoms with Crippen molar-refractivity contribution in [3.63, 3.8) is 0 Å². The number of aryl methyl sites for hydroxylation is 2. The lowest BCUT2D eigenvalue weighted by Gasteiger charge is -2.13. The molecule has 2 amide bonds. The molecule has 0 unspecified atom stereocenters. The van der Waals surface area contributed by atoms with Gasteiger partial charge in [-0.05, 0) is 67.8 Å². The van der Waals surface area contributed by atoms with E-state index in [2.05, 4.69) is 11.9 Å². The third kappa shape index (κ3) is 6.24. The molecule has 1 heterocycles. The third-order valence-corrected chi connectivity index (χ3v) is 6.28. The van der Waals surface area contributed by atoms with Crippen molar-refractivity contribution in [2.75, 3.05) is 25.1 Å². The Morgan fingerprint density at radius 2 is 1.94 bits per heavy atom. The van der Waals surface area contributed by atoms with Crippen LogP contribution in [0.15, 0.2) is 54.0 Å². The van der Waals surface area contributed by atoms with E-state index in [1.165, 1.54) is 16.7 Å². The Hall–Kier alpha value is -3.10. The number of benzene rings is 2. The first-order chi connectivity index (χ1) is 15.8. The minimum atomic E-state index is -0.268. The first kappa shape index (κ1) is 24.5. The van der Waals surface area contributed by atoms with Gasteiger partial charge in [-0.1, -0.05) is 42.2 Å². The highest BCUT2D eigenvalue weighted by Gasteiger charge is 2.31. The molecule has 33 heavy (non-hydrogen) atoms. The number of hydrogen-bond acceptors (Lipinski definition) is 6. The topological polar surface area (TPSA) is 67.9 Å². The summed E-state index contributed by atoms with van der Waals surface area (Å²) in [5.41, 5.74) is 3.75. The van der Waals surface area contributed by atoms with Gasteiger partial charge in [-0.15, -0.1) is 6.58 Å². The lowest BCUT2D eigenvalue weighted by molar-refractivity contribution is -0.121. The molecule has 3 rings (SSSR count). The van der Waals surface area contributed by atoms with E-state index in [4.69, 9.17) is 21.7 Å². The molecule has 0 radical (unpaired) electrons. The van der Waals surface area contributed by atoms with Crippen molar-refractivity contribution in [3.8, 4) is 11.5 Å². The summed E-state index contributed by atoms with van der Waals surface area (Å²) in [4.78, 5) is 26.9. The largest absolute Gasteiger partial charge is 0.490 e. The van der Waals surface area contributed by atoms with Crippen molar-refractivity contribution >= 4 is 51.9 Å². The Balaban J connectivity index is 1.70. The summed E-state index contributed by atoms with van der Waals surface area (Å²) in [5.74, 6) is 0.525. The zero-order valence-corrected chi connectivity index (χ0v) is 20.5. The maximum absolute atomic E-state index is 12.6. The van der Waals surface area contributed by atoms with Crippen LogP contribution in [0, 0.1) is 13.8 Å². The molecule has 1 aliphatic rings. The number of nitrogens with zero attached hydrogens (tertiary/aromatic N) is 1. The maximum Gasteiger partial charge on any atom is 0.266 e. The molecule has 0 aliphatic carbocycles. The molecule has 1 fully saturated rings. The minimum absolute atomic E-state index is 0.147. The smallest absolute Gasteiger partial charge is 0.266 e. The van der Waals surface area contributed by atoms with Gasteiger partial charge in [0.1, 0.15) is 4.32 Å². The van der Waals surface area contributed by atoms with Crippen molar-refractivity contribution < 1.29 is 19.1 Å². The summed E-state index contributed by atoms with van der Waals surface area (Å²) in [6.45, 7) is 10.2. The maximum atomic E-state index is 12.6. The highest BCUT2D eigenvalue weighted by atomic mass is 32.2. The molecular formula is C25H26N2O4S2. The zero-order valence-electron chi connectivity index (χ0n) is 18.8. The van der Waals surface area contributed by atoms with Crippen molar-refractivity contribution in [1.82, 2.24) is 4.90 Å². The van der Waals surface area contributed by atoms with Crippen molar-refractivity contribution in [3.05, 3.63) is 70.6 Å². The van der Waals surface area contributed by atoms with Crippen molar-refractivity contribution in [2.24, 2.45) is 0 Å². The van der Waals surface area contributed by atoms with Gasteiger partial charge in [0.15, 0.2) is 18.1 Å². The molecule has 172 valence electrons. The van der Waals surface area contributed by atoms with E-state index < -0.39 is 0 Å². The van der Waals surface area contributed by atoms with Crippen LogP contribution >= 0.6 is 24.0 Å². The number of anilines is 1. The monoisotopic (exact) mass is 482 g/mol. The van der Waals surface area contributed by atoms with Crippen LogP contribution < -0.4 is 14.8 Å². The first-order valence-electron chi connectivity index (χ1n) is 10.5. The molecule has 0 atom stereocenters. The number of amides is 2. The fourth-order valence-corrected chi connectivity index (χ4v) is 4.37. The molecule has 1 aliphatic heterocycles. The Kier molecular flexibility index (Phi) is 8.30. The summed E-state index contributed by atoms with van der Waals surface area (Å²) in [7, 11) is 0. The van der Waals surface area contributed by atoms with Crippen LogP contribution in [0.4, 0.5) is 5.69 Å². The van der Waals surface area contributed by atoms with Gasteiger partial charge in [0.05, 0.1) is 11.5 Å². The summed E-state index contributed by atoms with van der Waals surface area (Å²) in [6, 6.07) is 11.1. The second kappa shape index (κ2) is 11.2. The second-order valence-electron chi connectivity index (χ2n) is 7.36. The van der Waals surface area contributed by atoms with E-state index >= 15 is 0 Å². The molecule has 0 spiro atoms. The van der Waals surface area contributed by atoms with Gasteiger partial charge in [0.2, 0.25) is 0 Å². The molecule has 0 aromatic heterocycles. The van der Waals surface area contributed by atoms with Gasteiger partial charge in [0.25, 0.3) is 11.8 Å². The number of nitrogens with one attached hydrogen (secondary N) is 1. The van der Waals surface area contributed by atoms with Gasteiger partial charge >= 0.3 is 0 Å². The summed E-state index contributed by atoms with van der Waals surface area (Å²) in [5, 5.41) is 2.84. The van der Waals surface area contributed by atoms with E-state index in [0.717, 1.165) is 22.4 Å². The predicted molar refractivity (Wildman–Crippen MR) is 138 cm³/mol. The van der Waals surface area contributed by atoms with Gasteiger partial charge < -0.3 is 14.8 Å². The fraction of sp³-hybridized carbons (Fsp3) is 0.240. The number of thiocarbonyl (C=S) groups is 1. The Morgan fingerprint density at radius 3 is 2.64 bits per heavy atom. The highest BCUT2D eigenvalue weighted by Crippen LogP contribution is 2.34. The Labute approximate surface area is 203 Å². The average molecular weight is 483 g/mol. The standard InChI is InChI=1S/C25H26N2O4S2/c1-5-11-27-24(29)22(33-25(27)32)14-18-8-10-20(21(13-18)30-6-2)31-15-23(28)26-19-9-7-16(3)17(4)12-19/h5,7-10,12-14H,1,6,11,15H2,2-4H3,(H,26,28)/b22-14+. The van der Waals surface area contributed by atoms with E-state index in [1.807, 2.05) is 39.0 Å². The van der Waals surface area contributed by atoms with Gasteiger partial charge in [0, 0.05) is 12.2 Å². The number of hydrogen-bond donors (Lipinski definition) is 1. The summed E-state index contributed by atoms with van der Waals surface area (Å²) >= 11 is 6.53. The van der Waals surface area contributed by atoms with E-state index in [-0.39, 0.29) is 18.4 Å². The highest BCUT2D eigenvalue weighted by molar-refractivity contribution is 8.26. The number of thioether (sulfide) groups is 1. The average Bonchev–Trinajstić information content (AvgIpc) is 3.03. The Bertz CT molecular complexity index is 1130. The molecule has 2 aromatic carbocycles. The lowest BCUT2D eigenvalue weighted by atomic mass is 10.1. The molecular weight excluding hydrogens is 456 g/mol. The molecule has 0 saturated carbocycles. The second-order valence-corrected chi connectivity index (χ2v) is 9.03. The summed E-state index contributed by atoms with van der Waals surface area (Å²) < 4.78 is 11.9. The lowest BCUT2D eigenvalue weighted by Crippen LogP contribution is -2.27. The van der Waals surface area contributed by atoms with Crippen LogP contribution in [0.5, 0.6) is 11.5 Å². The van der Waals surface area contributed by atoms with Crippen molar-refractivity contribution in [2.45, 2.75) is 20.8 Å². The number of ether oxygens (including phenoxy) is 2. The van der Waals surface area contributed by atoms with Crippen LogP contribution in [0.1, 0.15) is 23.6 Å². The molecule has 1 saturated heterocycles. The Morgan fingerprint density at radius 1 is 1.15 bits per heavy atom. The minimum Gasteiger partial charge on any atom is -0.490 e. The number of rotatable bonds is 9. The van der Waals surface area contributed by atoms with Crippen LogP contribution in [0.25, 0.3) is 6.08 Å². The third-order valence-electron chi connectivity index (χ3n) is 4.90. The van der Waals surface area contributed by atoms with Crippen molar-refractivity contribution in [1.29, 1.82) is 0 Å². The van der Waals surface area contributed by atoms with Gasteiger partial charge in [-0.3, -0.25) is 14.5 Å². The van der Waals surface area contributed by atoms with Gasteiger partial charge in [-0.25, -0.2) is 0 Å². The number of carbonyl (C=O) groups is 2. The molecule has 1 N–H and O–H groups in total. The quantitative estimate of drug-likeness (QED) is 0.304. The predicted octanol–water partition coefficient (Wildman–Crippen LogP) is 5.11.